The molecule has 0 radical (unpaired) electrons. The molecule has 0 amide bonds. The standard InChI is InChI=1S/C50H77N3O5S2/c1-10-36-32-59-44(52-36)58-33-49(43(54)57-11-2)21-14-35(15-22-49)38-17-19-46(7)40(45(38,5)6)18-20-48(9)41(46)13-12-39-42-37(34(3)4)16-23-50(42,25-24-47(39,48)8)51-26-27-53-28-30-60(55,56)31-29-53/h14,17,32,37,39-42,51H,3,10-13,15-16,18-31,33H2,1-2,4-9H3/t37-,39+,40-,41+,42+,46-,47+,48+,49?,50-/m0/s1. The number of aromatic nitrogens is 1. The highest BCUT2D eigenvalue weighted by Gasteiger charge is 2.70. The number of sulfone groups is 1. The Morgan fingerprint density at radius 3 is 2.38 bits per heavy atom. The molecule has 8 nitrogen and oxygen atoms in total. The van der Waals surface area contributed by atoms with Gasteiger partial charge in [0.15, 0.2) is 9.84 Å². The number of fused-ring (bicyclic) bond motifs is 7. The maximum absolute atomic E-state index is 13.6. The molecule has 1 aromatic heterocycles. The predicted molar refractivity (Wildman–Crippen MR) is 244 cm³/mol. The maximum Gasteiger partial charge on any atom is 0.315 e. The van der Waals surface area contributed by atoms with E-state index >= 15 is 0 Å². The van der Waals surface area contributed by atoms with Gasteiger partial charge < -0.3 is 19.7 Å². The van der Waals surface area contributed by atoms with Crippen LogP contribution in [0, 0.1) is 56.7 Å². The maximum atomic E-state index is 13.6. The molecular formula is C50H77N3O5S2. The van der Waals surface area contributed by atoms with E-state index in [1.165, 1.54) is 79.4 Å². The fraction of sp³-hybridized carbons (Fsp3) is 0.800. The van der Waals surface area contributed by atoms with Crippen LogP contribution in [0.4, 0.5) is 0 Å². The largest absolute Gasteiger partial charge is 0.469 e. The first-order valence-electron chi connectivity index (χ1n) is 23.8. The van der Waals surface area contributed by atoms with E-state index < -0.39 is 15.3 Å². The van der Waals surface area contributed by atoms with Crippen molar-refractivity contribution in [1.29, 1.82) is 0 Å². The Labute approximate surface area is 367 Å². The molecule has 10 atom stereocenters. The molecule has 4 saturated carbocycles. The Morgan fingerprint density at radius 2 is 1.72 bits per heavy atom. The van der Waals surface area contributed by atoms with Crippen molar-refractivity contribution in [2.24, 2.45) is 56.7 Å². The van der Waals surface area contributed by atoms with Crippen LogP contribution in [0.3, 0.4) is 0 Å². The Kier molecular flexibility index (Phi) is 12.0. The van der Waals surface area contributed by atoms with Crippen LogP contribution < -0.4 is 10.1 Å². The van der Waals surface area contributed by atoms with E-state index in [-0.39, 0.29) is 33.2 Å². The third kappa shape index (κ3) is 7.33. The number of carbonyl (C=O) groups excluding carboxylic acids is 1. The summed E-state index contributed by atoms with van der Waals surface area (Å²) in [6.07, 6.45) is 19.4. The molecule has 334 valence electrons. The summed E-state index contributed by atoms with van der Waals surface area (Å²) in [5, 5.41) is 6.92. The summed E-state index contributed by atoms with van der Waals surface area (Å²) in [7, 11) is -2.87. The molecule has 1 unspecified atom stereocenters. The number of carbonyl (C=O) groups is 1. The molecule has 2 heterocycles. The number of allylic oxidation sites excluding steroid dienone is 5. The summed E-state index contributed by atoms with van der Waals surface area (Å²) in [5.74, 6) is 3.57. The van der Waals surface area contributed by atoms with Crippen LogP contribution in [0.15, 0.2) is 40.8 Å². The van der Waals surface area contributed by atoms with Crippen LogP contribution >= 0.6 is 11.3 Å². The van der Waals surface area contributed by atoms with Crippen LogP contribution in [0.1, 0.15) is 138 Å². The van der Waals surface area contributed by atoms with Gasteiger partial charge in [0.05, 0.1) is 23.8 Å². The second-order valence-electron chi connectivity index (χ2n) is 22.0. The lowest BCUT2D eigenvalue weighted by Crippen LogP contribution is -2.68. The van der Waals surface area contributed by atoms with Gasteiger partial charge in [0.1, 0.15) is 12.0 Å². The van der Waals surface area contributed by atoms with Crippen molar-refractivity contribution in [1.82, 2.24) is 15.2 Å². The SMILES string of the molecule is C=C(C)[C@@H]1CC[C@]2(NCCN3CCS(=O)(=O)CC3)CC[C@]3(C)[C@H](CC[C@@H]4[C@@]5(C)CC=C(C6=CCC(COc7nc(CC)cs7)(C(=O)OCC)CC6)C(C)(C)[C@@H]5CC[C@]43C)[C@@H]12. The lowest BCUT2D eigenvalue weighted by molar-refractivity contribution is -0.221. The first kappa shape index (κ1) is 44.6. The Hall–Kier alpha value is -2.01. The first-order valence-corrected chi connectivity index (χ1v) is 26.5. The number of ether oxygens (including phenoxy) is 2. The van der Waals surface area contributed by atoms with Gasteiger partial charge in [0.2, 0.25) is 0 Å². The molecule has 0 aromatic carbocycles. The summed E-state index contributed by atoms with van der Waals surface area (Å²) in [4.78, 5) is 20.6. The number of aryl methyl sites for hydroxylation is 1. The molecule has 0 spiro atoms. The molecule has 8 rings (SSSR count). The van der Waals surface area contributed by atoms with Crippen LogP contribution in [-0.2, 0) is 25.8 Å². The van der Waals surface area contributed by atoms with Gasteiger partial charge in [-0.05, 0) is 160 Å². The Bertz CT molecular complexity index is 1970. The highest BCUT2D eigenvalue weighted by Crippen LogP contribution is 2.76. The van der Waals surface area contributed by atoms with Gasteiger partial charge in [0.25, 0.3) is 5.19 Å². The van der Waals surface area contributed by atoms with E-state index in [0.717, 1.165) is 44.5 Å². The molecule has 1 aliphatic heterocycles. The van der Waals surface area contributed by atoms with Gasteiger partial charge in [-0.3, -0.25) is 4.79 Å². The first-order chi connectivity index (χ1) is 28.4. The van der Waals surface area contributed by atoms with Crippen molar-refractivity contribution in [3.63, 3.8) is 0 Å². The number of hydrogen-bond acceptors (Lipinski definition) is 9. The second-order valence-corrected chi connectivity index (χ2v) is 25.1. The van der Waals surface area contributed by atoms with E-state index in [1.807, 2.05) is 12.3 Å². The van der Waals surface area contributed by atoms with Gasteiger partial charge in [0, 0.05) is 37.1 Å². The van der Waals surface area contributed by atoms with E-state index in [9.17, 15) is 13.2 Å². The van der Waals surface area contributed by atoms with Crippen LogP contribution in [0.2, 0.25) is 0 Å². The molecule has 1 aromatic rings. The summed E-state index contributed by atoms with van der Waals surface area (Å²) in [6, 6.07) is 0. The van der Waals surface area contributed by atoms with Gasteiger partial charge in [-0.25, -0.2) is 13.4 Å². The summed E-state index contributed by atoms with van der Waals surface area (Å²) >= 11 is 1.51. The number of thiazole rings is 1. The van der Waals surface area contributed by atoms with Crippen molar-refractivity contribution in [2.75, 3.05) is 50.9 Å². The molecule has 1 saturated heterocycles. The molecule has 60 heavy (non-hydrogen) atoms. The van der Waals surface area contributed by atoms with Crippen LogP contribution in [0.25, 0.3) is 0 Å². The summed E-state index contributed by atoms with van der Waals surface area (Å²) < 4.78 is 36.2. The zero-order valence-electron chi connectivity index (χ0n) is 38.4. The molecule has 10 heteroatoms. The molecular weight excluding hydrogens is 787 g/mol. The number of nitrogens with zero attached hydrogens (tertiary/aromatic N) is 2. The average Bonchev–Trinajstić information content (AvgIpc) is 3.84. The highest BCUT2D eigenvalue weighted by atomic mass is 32.2. The minimum Gasteiger partial charge on any atom is -0.469 e. The van der Waals surface area contributed by atoms with E-state index in [2.05, 4.69) is 82.4 Å². The average molecular weight is 864 g/mol. The topological polar surface area (TPSA) is 97.8 Å². The van der Waals surface area contributed by atoms with E-state index in [0.29, 0.717) is 79.0 Å². The lowest BCUT2D eigenvalue weighted by Gasteiger charge is -2.72. The molecule has 6 aliphatic carbocycles. The van der Waals surface area contributed by atoms with Gasteiger partial charge >= 0.3 is 5.97 Å². The number of hydrogen-bond donors (Lipinski definition) is 1. The number of esters is 1. The molecule has 7 aliphatic rings. The summed E-state index contributed by atoms with van der Waals surface area (Å²) in [6.45, 7) is 28.0. The number of rotatable bonds is 12. The Balaban J connectivity index is 1.01. The summed E-state index contributed by atoms with van der Waals surface area (Å²) in [5.41, 5.74) is 5.62. The lowest BCUT2D eigenvalue weighted by atomic mass is 9.33. The van der Waals surface area contributed by atoms with Crippen LogP contribution in [0.5, 0.6) is 5.19 Å². The minimum atomic E-state index is -2.87. The van der Waals surface area contributed by atoms with Crippen molar-refractivity contribution in [2.45, 2.75) is 144 Å². The van der Waals surface area contributed by atoms with Crippen LogP contribution in [-0.4, -0.2) is 80.7 Å². The smallest absolute Gasteiger partial charge is 0.315 e. The van der Waals surface area contributed by atoms with Crippen molar-refractivity contribution < 1.29 is 22.7 Å². The Morgan fingerprint density at radius 1 is 0.950 bits per heavy atom. The van der Waals surface area contributed by atoms with Gasteiger partial charge in [-0.15, -0.1) is 0 Å². The fourth-order valence-electron chi connectivity index (χ4n) is 15.6. The minimum absolute atomic E-state index is 0.0382. The molecule has 5 fully saturated rings. The monoisotopic (exact) mass is 864 g/mol. The van der Waals surface area contributed by atoms with Crippen molar-refractivity contribution in [3.05, 3.63) is 46.5 Å². The van der Waals surface area contributed by atoms with Crippen molar-refractivity contribution in [3.8, 4) is 5.19 Å². The third-order valence-electron chi connectivity index (χ3n) is 19.0. The molecule has 1 N–H and O–H groups in total. The van der Waals surface area contributed by atoms with E-state index in [1.54, 1.807) is 0 Å². The second kappa shape index (κ2) is 16.2. The molecule has 0 bridgehead atoms. The zero-order valence-corrected chi connectivity index (χ0v) is 40.1. The third-order valence-corrected chi connectivity index (χ3v) is 21.4. The van der Waals surface area contributed by atoms with E-state index in [4.69, 9.17) is 9.47 Å². The number of nitrogens with one attached hydrogen (secondary N) is 1. The highest BCUT2D eigenvalue weighted by molar-refractivity contribution is 7.91. The van der Waals surface area contributed by atoms with Gasteiger partial charge in [-0.1, -0.05) is 77.2 Å². The quantitative estimate of drug-likeness (QED) is 0.164. The normalized spacial score (nSPS) is 40.8. The fourth-order valence-corrected chi connectivity index (χ4v) is 17.6. The predicted octanol–water partition coefficient (Wildman–Crippen LogP) is 10.0. The van der Waals surface area contributed by atoms with Gasteiger partial charge in [-0.2, -0.15) is 0 Å². The zero-order chi connectivity index (χ0) is 42.9. The van der Waals surface area contributed by atoms with Crippen molar-refractivity contribution >= 4 is 27.1 Å².